The fraction of sp³-hybridized carbons (Fsp3) is 0.571. The third-order valence-electron chi connectivity index (χ3n) is 3.68. The van der Waals surface area contributed by atoms with Crippen molar-refractivity contribution in [1.82, 2.24) is 4.90 Å². The smallest absolute Gasteiger partial charge is 0.0387 e. The highest BCUT2D eigenvalue weighted by atomic mass is 15.2. The maximum Gasteiger partial charge on any atom is 0.0387 e. The van der Waals surface area contributed by atoms with Gasteiger partial charge in [0.1, 0.15) is 0 Å². The van der Waals surface area contributed by atoms with E-state index in [9.17, 15) is 0 Å². The maximum atomic E-state index is 5.90. The first-order valence-electron chi connectivity index (χ1n) is 6.35. The summed E-state index contributed by atoms with van der Waals surface area (Å²) >= 11 is 0. The van der Waals surface area contributed by atoms with E-state index in [2.05, 4.69) is 43.0 Å². The molecule has 3 heteroatoms. The molecule has 3 nitrogen and oxygen atoms in total. The Morgan fingerprint density at radius 3 is 2.76 bits per heavy atom. The standard InChI is InChI=1S/C14H23N3/c1-11-7-12(15)9-14(8-11)17(3)10-13-5-4-6-16(13)2/h7-9,13H,4-6,10,15H2,1-3H3. The summed E-state index contributed by atoms with van der Waals surface area (Å²) < 4.78 is 0. The molecule has 2 N–H and O–H groups in total. The van der Waals surface area contributed by atoms with Crippen molar-refractivity contribution in [2.24, 2.45) is 0 Å². The highest BCUT2D eigenvalue weighted by Gasteiger charge is 2.22. The number of aryl methyl sites for hydroxylation is 1. The topological polar surface area (TPSA) is 32.5 Å². The molecule has 0 spiro atoms. The molecule has 0 bridgehead atoms. The first kappa shape index (κ1) is 12.2. The van der Waals surface area contributed by atoms with Gasteiger partial charge in [-0.05, 0) is 57.1 Å². The second-order valence-corrected chi connectivity index (χ2v) is 5.26. The molecule has 1 aliphatic heterocycles. The molecular weight excluding hydrogens is 210 g/mol. The number of anilines is 2. The summed E-state index contributed by atoms with van der Waals surface area (Å²) in [5, 5.41) is 0. The number of likely N-dealkylation sites (tertiary alicyclic amines) is 1. The van der Waals surface area contributed by atoms with E-state index < -0.39 is 0 Å². The van der Waals surface area contributed by atoms with Crippen LogP contribution in [-0.4, -0.2) is 38.1 Å². The molecule has 0 radical (unpaired) electrons. The predicted molar refractivity (Wildman–Crippen MR) is 74.5 cm³/mol. The molecule has 0 saturated carbocycles. The summed E-state index contributed by atoms with van der Waals surface area (Å²) in [4.78, 5) is 4.77. The summed E-state index contributed by atoms with van der Waals surface area (Å²) in [5.74, 6) is 0. The molecule has 0 aromatic heterocycles. The van der Waals surface area contributed by atoms with Crippen molar-refractivity contribution in [3.8, 4) is 0 Å². The van der Waals surface area contributed by atoms with Gasteiger partial charge in [0.25, 0.3) is 0 Å². The van der Waals surface area contributed by atoms with Crippen LogP contribution in [0.4, 0.5) is 11.4 Å². The van der Waals surface area contributed by atoms with Gasteiger partial charge in [-0.15, -0.1) is 0 Å². The number of likely N-dealkylation sites (N-methyl/N-ethyl adjacent to an activating group) is 2. The van der Waals surface area contributed by atoms with Crippen LogP contribution < -0.4 is 10.6 Å². The highest BCUT2D eigenvalue weighted by molar-refractivity contribution is 5.58. The number of nitrogen functional groups attached to an aromatic ring is 1. The quantitative estimate of drug-likeness (QED) is 0.812. The van der Waals surface area contributed by atoms with Crippen LogP contribution in [0, 0.1) is 6.92 Å². The lowest BCUT2D eigenvalue weighted by atomic mass is 10.1. The van der Waals surface area contributed by atoms with Crippen molar-refractivity contribution < 1.29 is 0 Å². The zero-order valence-corrected chi connectivity index (χ0v) is 11.1. The molecular formula is C14H23N3. The van der Waals surface area contributed by atoms with Gasteiger partial charge in [-0.2, -0.15) is 0 Å². The van der Waals surface area contributed by atoms with E-state index in [1.807, 2.05) is 6.07 Å². The number of hydrogen-bond donors (Lipinski definition) is 1. The van der Waals surface area contributed by atoms with E-state index in [1.165, 1.54) is 30.6 Å². The summed E-state index contributed by atoms with van der Waals surface area (Å²) in [5.41, 5.74) is 9.20. The normalized spacial score (nSPS) is 20.8. The fourth-order valence-electron chi connectivity index (χ4n) is 2.64. The zero-order valence-electron chi connectivity index (χ0n) is 11.1. The number of nitrogens with two attached hydrogens (primary N) is 1. The Kier molecular flexibility index (Phi) is 3.57. The van der Waals surface area contributed by atoms with Crippen molar-refractivity contribution in [2.75, 3.05) is 37.8 Å². The molecule has 1 saturated heterocycles. The second kappa shape index (κ2) is 4.96. The zero-order chi connectivity index (χ0) is 12.4. The van der Waals surface area contributed by atoms with Crippen LogP contribution in [0.5, 0.6) is 0 Å². The van der Waals surface area contributed by atoms with Crippen molar-refractivity contribution in [1.29, 1.82) is 0 Å². The molecule has 1 aromatic carbocycles. The minimum Gasteiger partial charge on any atom is -0.399 e. The van der Waals surface area contributed by atoms with Crippen molar-refractivity contribution in [2.45, 2.75) is 25.8 Å². The Balaban J connectivity index is 2.06. The Bertz CT molecular complexity index is 369. The van der Waals surface area contributed by atoms with E-state index in [0.717, 1.165) is 12.2 Å². The van der Waals surface area contributed by atoms with E-state index in [4.69, 9.17) is 5.73 Å². The van der Waals surface area contributed by atoms with Crippen LogP contribution in [0.2, 0.25) is 0 Å². The fourth-order valence-corrected chi connectivity index (χ4v) is 2.64. The summed E-state index contributed by atoms with van der Waals surface area (Å²) in [6.07, 6.45) is 2.63. The molecule has 0 aliphatic carbocycles. The van der Waals surface area contributed by atoms with Crippen molar-refractivity contribution in [3.05, 3.63) is 23.8 Å². The van der Waals surface area contributed by atoms with Gasteiger partial charge in [0, 0.05) is 31.0 Å². The Hall–Kier alpha value is -1.22. The Morgan fingerprint density at radius 2 is 2.18 bits per heavy atom. The first-order valence-corrected chi connectivity index (χ1v) is 6.35. The highest BCUT2D eigenvalue weighted by Crippen LogP contribution is 2.22. The van der Waals surface area contributed by atoms with Gasteiger partial charge < -0.3 is 15.5 Å². The lowest BCUT2D eigenvalue weighted by Crippen LogP contribution is -2.36. The number of nitrogens with zero attached hydrogens (tertiary/aromatic N) is 2. The molecule has 0 amide bonds. The summed E-state index contributed by atoms with van der Waals surface area (Å²) in [7, 11) is 4.37. The van der Waals surface area contributed by atoms with E-state index >= 15 is 0 Å². The monoisotopic (exact) mass is 233 g/mol. The lowest BCUT2D eigenvalue weighted by molar-refractivity contribution is 0.314. The van der Waals surface area contributed by atoms with Crippen LogP contribution in [-0.2, 0) is 0 Å². The van der Waals surface area contributed by atoms with Crippen LogP contribution in [0.25, 0.3) is 0 Å². The third-order valence-corrected chi connectivity index (χ3v) is 3.68. The van der Waals surface area contributed by atoms with Crippen LogP contribution in [0.1, 0.15) is 18.4 Å². The molecule has 1 atom stereocenters. The van der Waals surface area contributed by atoms with Gasteiger partial charge in [-0.25, -0.2) is 0 Å². The molecule has 1 aromatic rings. The van der Waals surface area contributed by atoms with Crippen LogP contribution in [0.15, 0.2) is 18.2 Å². The molecule has 1 unspecified atom stereocenters. The largest absolute Gasteiger partial charge is 0.399 e. The van der Waals surface area contributed by atoms with Gasteiger partial charge >= 0.3 is 0 Å². The predicted octanol–water partition coefficient (Wildman–Crippen LogP) is 2.11. The Morgan fingerprint density at radius 1 is 1.41 bits per heavy atom. The first-order chi connectivity index (χ1) is 8.06. The van der Waals surface area contributed by atoms with Gasteiger partial charge in [0.05, 0.1) is 0 Å². The third kappa shape index (κ3) is 2.91. The van der Waals surface area contributed by atoms with Gasteiger partial charge in [-0.1, -0.05) is 0 Å². The molecule has 1 heterocycles. The molecule has 94 valence electrons. The lowest BCUT2D eigenvalue weighted by Gasteiger charge is -2.27. The van der Waals surface area contributed by atoms with Crippen molar-refractivity contribution in [3.63, 3.8) is 0 Å². The molecule has 2 rings (SSSR count). The number of hydrogen-bond acceptors (Lipinski definition) is 3. The van der Waals surface area contributed by atoms with Crippen molar-refractivity contribution >= 4 is 11.4 Å². The SMILES string of the molecule is Cc1cc(N)cc(N(C)CC2CCCN2C)c1. The Labute approximate surface area is 104 Å². The molecule has 1 aliphatic rings. The molecule has 17 heavy (non-hydrogen) atoms. The van der Waals surface area contributed by atoms with Gasteiger partial charge in [0.2, 0.25) is 0 Å². The molecule has 1 fully saturated rings. The summed E-state index contributed by atoms with van der Waals surface area (Å²) in [6.45, 7) is 4.41. The minimum absolute atomic E-state index is 0.682. The van der Waals surface area contributed by atoms with E-state index in [0.29, 0.717) is 6.04 Å². The van der Waals surface area contributed by atoms with Gasteiger partial charge in [-0.3, -0.25) is 0 Å². The minimum atomic E-state index is 0.682. The average Bonchev–Trinajstić information content (AvgIpc) is 2.63. The van der Waals surface area contributed by atoms with Crippen LogP contribution in [0.3, 0.4) is 0 Å². The van der Waals surface area contributed by atoms with Gasteiger partial charge in [0.15, 0.2) is 0 Å². The maximum absolute atomic E-state index is 5.90. The second-order valence-electron chi connectivity index (χ2n) is 5.26. The van der Waals surface area contributed by atoms with E-state index in [-0.39, 0.29) is 0 Å². The number of benzene rings is 1. The van der Waals surface area contributed by atoms with E-state index in [1.54, 1.807) is 0 Å². The summed E-state index contributed by atoms with van der Waals surface area (Å²) in [6, 6.07) is 6.95. The number of rotatable bonds is 3. The average molecular weight is 233 g/mol. The van der Waals surface area contributed by atoms with Crippen LogP contribution >= 0.6 is 0 Å².